The van der Waals surface area contributed by atoms with Crippen LogP contribution >= 0.6 is 23.2 Å². The van der Waals surface area contributed by atoms with Crippen molar-refractivity contribution < 1.29 is 14.3 Å². The molecule has 1 aromatic heterocycles. The molecule has 0 saturated carbocycles. The molecule has 1 heterocycles. The monoisotopic (exact) mass is 355 g/mol. The van der Waals surface area contributed by atoms with Crippen molar-refractivity contribution in [1.29, 1.82) is 0 Å². The lowest BCUT2D eigenvalue weighted by Gasteiger charge is -2.07. The van der Waals surface area contributed by atoms with Crippen LogP contribution in [0.2, 0.25) is 10.0 Å². The molecule has 120 valence electrons. The second-order valence-electron chi connectivity index (χ2n) is 4.39. The summed E-state index contributed by atoms with van der Waals surface area (Å²) in [5.74, 6) is -0.960. The number of amides is 1. The van der Waals surface area contributed by atoms with Crippen LogP contribution in [0.15, 0.2) is 35.3 Å². The highest BCUT2D eigenvalue weighted by Gasteiger charge is 2.11. The van der Waals surface area contributed by atoms with E-state index in [9.17, 15) is 14.4 Å². The molecule has 23 heavy (non-hydrogen) atoms. The number of aromatic nitrogens is 2. The van der Waals surface area contributed by atoms with Gasteiger partial charge in [0, 0.05) is 5.69 Å². The topological polar surface area (TPSA) is 90.3 Å². The number of hydrogen-bond acceptors (Lipinski definition) is 5. The van der Waals surface area contributed by atoms with Gasteiger partial charge in [0.05, 0.1) is 23.9 Å². The number of esters is 1. The normalized spacial score (nSPS) is 10.2. The molecule has 0 bridgehead atoms. The lowest BCUT2D eigenvalue weighted by molar-refractivity contribution is -0.117. The number of benzene rings is 1. The number of halogens is 2. The van der Waals surface area contributed by atoms with E-state index in [1.54, 1.807) is 0 Å². The first-order valence-corrected chi connectivity index (χ1v) is 7.07. The standard InChI is InChI=1S/C14H11Cl2N3O4/c1-23-14(22)8-2-4-9(5-3-8)18-11(20)7-19-13(21)12(16)10(15)6-17-19/h2-6H,7H2,1H3,(H,18,20). The maximum atomic E-state index is 11.9. The summed E-state index contributed by atoms with van der Waals surface area (Å²) in [6, 6.07) is 6.08. The van der Waals surface area contributed by atoms with Crippen LogP contribution in [0.1, 0.15) is 10.4 Å². The van der Waals surface area contributed by atoms with E-state index in [0.29, 0.717) is 11.3 Å². The molecule has 9 heteroatoms. The van der Waals surface area contributed by atoms with Crippen LogP contribution in [-0.4, -0.2) is 28.8 Å². The maximum absolute atomic E-state index is 11.9. The first-order chi connectivity index (χ1) is 10.9. The van der Waals surface area contributed by atoms with Crippen LogP contribution in [0.5, 0.6) is 0 Å². The number of rotatable bonds is 4. The van der Waals surface area contributed by atoms with Crippen molar-refractivity contribution in [2.45, 2.75) is 6.54 Å². The fraction of sp³-hybridized carbons (Fsp3) is 0.143. The molecular weight excluding hydrogens is 345 g/mol. The van der Waals surface area contributed by atoms with Crippen molar-refractivity contribution in [3.8, 4) is 0 Å². The number of anilines is 1. The van der Waals surface area contributed by atoms with E-state index in [1.807, 2.05) is 0 Å². The van der Waals surface area contributed by atoms with E-state index in [2.05, 4.69) is 15.2 Å². The van der Waals surface area contributed by atoms with Crippen LogP contribution in [0.4, 0.5) is 5.69 Å². The quantitative estimate of drug-likeness (QED) is 0.846. The molecular formula is C14H11Cl2N3O4. The van der Waals surface area contributed by atoms with Gasteiger partial charge in [0.25, 0.3) is 5.56 Å². The van der Waals surface area contributed by atoms with Crippen molar-refractivity contribution >= 4 is 40.8 Å². The van der Waals surface area contributed by atoms with Gasteiger partial charge >= 0.3 is 5.97 Å². The Balaban J connectivity index is 2.07. The molecule has 0 radical (unpaired) electrons. The van der Waals surface area contributed by atoms with Gasteiger partial charge in [-0.2, -0.15) is 5.10 Å². The Bertz CT molecular complexity index is 803. The summed E-state index contributed by atoms with van der Waals surface area (Å²) < 4.78 is 5.47. The minimum atomic E-state index is -0.657. The Kier molecular flexibility index (Phi) is 5.36. The molecule has 2 aromatic rings. The fourth-order valence-electron chi connectivity index (χ4n) is 1.70. The first kappa shape index (κ1) is 17.0. The molecule has 0 aliphatic rings. The summed E-state index contributed by atoms with van der Waals surface area (Å²) in [6.45, 7) is -0.325. The summed E-state index contributed by atoms with van der Waals surface area (Å²) >= 11 is 11.4. The van der Waals surface area contributed by atoms with Gasteiger partial charge in [-0.05, 0) is 24.3 Å². The third-order valence-electron chi connectivity index (χ3n) is 2.83. The Labute approximate surface area is 140 Å². The predicted molar refractivity (Wildman–Crippen MR) is 84.9 cm³/mol. The zero-order valence-corrected chi connectivity index (χ0v) is 13.4. The molecule has 1 N–H and O–H groups in total. The number of ether oxygens (including phenoxy) is 1. The van der Waals surface area contributed by atoms with E-state index in [4.69, 9.17) is 23.2 Å². The second-order valence-corrected chi connectivity index (χ2v) is 5.17. The summed E-state index contributed by atoms with van der Waals surface area (Å²) in [5.41, 5.74) is 0.152. The average Bonchev–Trinajstić information content (AvgIpc) is 2.55. The Morgan fingerprint density at radius 2 is 1.91 bits per heavy atom. The molecule has 0 spiro atoms. The molecule has 2 rings (SSSR count). The number of hydrogen-bond donors (Lipinski definition) is 1. The van der Waals surface area contributed by atoms with Gasteiger partial charge in [-0.15, -0.1) is 0 Å². The smallest absolute Gasteiger partial charge is 0.337 e. The third kappa shape index (κ3) is 4.08. The van der Waals surface area contributed by atoms with E-state index >= 15 is 0 Å². The molecule has 0 atom stereocenters. The van der Waals surface area contributed by atoms with Crippen LogP contribution in [-0.2, 0) is 16.1 Å². The maximum Gasteiger partial charge on any atom is 0.337 e. The van der Waals surface area contributed by atoms with Gasteiger partial charge < -0.3 is 10.1 Å². The zero-order chi connectivity index (χ0) is 17.0. The lowest BCUT2D eigenvalue weighted by Crippen LogP contribution is -2.29. The third-order valence-corrected chi connectivity index (χ3v) is 3.57. The summed E-state index contributed by atoms with van der Waals surface area (Å²) in [7, 11) is 1.28. The zero-order valence-electron chi connectivity index (χ0n) is 11.9. The summed E-state index contributed by atoms with van der Waals surface area (Å²) in [6.07, 6.45) is 1.18. The van der Waals surface area contributed by atoms with Gasteiger partial charge in [-0.1, -0.05) is 23.2 Å². The Morgan fingerprint density at radius 3 is 2.52 bits per heavy atom. The number of carbonyl (C=O) groups excluding carboxylic acids is 2. The van der Waals surface area contributed by atoms with Gasteiger partial charge in [0.15, 0.2) is 0 Å². The van der Waals surface area contributed by atoms with Crippen molar-refractivity contribution in [3.05, 3.63) is 56.4 Å². The number of nitrogens with zero attached hydrogens (tertiary/aromatic N) is 2. The Morgan fingerprint density at radius 1 is 1.26 bits per heavy atom. The predicted octanol–water partition coefficient (Wildman–Crippen LogP) is 1.98. The minimum absolute atomic E-state index is 0.0201. The molecule has 1 aromatic carbocycles. The molecule has 7 nitrogen and oxygen atoms in total. The summed E-state index contributed by atoms with van der Waals surface area (Å²) in [5, 5.41) is 6.13. The van der Waals surface area contributed by atoms with Gasteiger partial charge in [-0.3, -0.25) is 9.59 Å². The number of carbonyl (C=O) groups is 2. The highest BCUT2D eigenvalue weighted by atomic mass is 35.5. The second kappa shape index (κ2) is 7.26. The molecule has 0 aliphatic heterocycles. The van der Waals surface area contributed by atoms with E-state index in [1.165, 1.54) is 37.6 Å². The van der Waals surface area contributed by atoms with Crippen LogP contribution in [0.25, 0.3) is 0 Å². The van der Waals surface area contributed by atoms with Crippen molar-refractivity contribution in [2.24, 2.45) is 0 Å². The lowest BCUT2D eigenvalue weighted by atomic mass is 10.2. The first-order valence-electron chi connectivity index (χ1n) is 6.31. The van der Waals surface area contributed by atoms with E-state index < -0.39 is 17.4 Å². The molecule has 0 fully saturated rings. The number of nitrogens with one attached hydrogen (secondary N) is 1. The van der Waals surface area contributed by atoms with E-state index in [0.717, 1.165) is 4.68 Å². The van der Waals surface area contributed by atoms with Gasteiger partial charge in [0.2, 0.25) is 5.91 Å². The molecule has 0 aliphatic carbocycles. The fourth-order valence-corrected chi connectivity index (χ4v) is 1.97. The van der Waals surface area contributed by atoms with Crippen LogP contribution < -0.4 is 10.9 Å². The average molecular weight is 356 g/mol. The van der Waals surface area contributed by atoms with Crippen molar-refractivity contribution in [1.82, 2.24) is 9.78 Å². The summed E-state index contributed by atoms with van der Waals surface area (Å²) in [4.78, 5) is 35.0. The molecule has 1 amide bonds. The Hall–Kier alpha value is -2.38. The minimum Gasteiger partial charge on any atom is -0.465 e. The van der Waals surface area contributed by atoms with Gasteiger partial charge in [-0.25, -0.2) is 9.48 Å². The SMILES string of the molecule is COC(=O)c1ccc(NC(=O)Cn2ncc(Cl)c(Cl)c2=O)cc1. The largest absolute Gasteiger partial charge is 0.465 e. The highest BCUT2D eigenvalue weighted by Crippen LogP contribution is 2.14. The number of methoxy groups -OCH3 is 1. The van der Waals surface area contributed by atoms with Crippen LogP contribution in [0.3, 0.4) is 0 Å². The highest BCUT2D eigenvalue weighted by molar-refractivity contribution is 6.41. The van der Waals surface area contributed by atoms with Crippen molar-refractivity contribution in [3.63, 3.8) is 0 Å². The van der Waals surface area contributed by atoms with E-state index in [-0.39, 0.29) is 16.6 Å². The molecule has 0 saturated heterocycles. The van der Waals surface area contributed by atoms with Crippen molar-refractivity contribution in [2.75, 3.05) is 12.4 Å². The van der Waals surface area contributed by atoms with Gasteiger partial charge in [0.1, 0.15) is 11.6 Å². The molecule has 0 unspecified atom stereocenters. The van der Waals surface area contributed by atoms with Crippen LogP contribution in [0, 0.1) is 0 Å².